The molecule has 0 aromatic heterocycles. The maximum absolute atomic E-state index is 12.2. The molecular formula is C21H20Cl2N4O2. The number of nitrogens with zero attached hydrogens (tertiary/aromatic N) is 2. The zero-order valence-electron chi connectivity index (χ0n) is 15.6. The number of carbonyl (C=O) groups is 2. The molecule has 1 heterocycles. The van der Waals surface area contributed by atoms with Crippen LogP contribution in [0.5, 0.6) is 0 Å². The summed E-state index contributed by atoms with van der Waals surface area (Å²) in [5.74, 6) is -0.607. The zero-order chi connectivity index (χ0) is 20.8. The van der Waals surface area contributed by atoms with E-state index in [1.165, 1.54) is 6.07 Å². The van der Waals surface area contributed by atoms with Crippen molar-refractivity contribution in [3.8, 4) is 6.07 Å². The minimum absolute atomic E-state index is 0.0685. The summed E-state index contributed by atoms with van der Waals surface area (Å²) in [6.45, 7) is 1.52. The Morgan fingerprint density at radius 2 is 1.76 bits per heavy atom. The summed E-state index contributed by atoms with van der Waals surface area (Å²) in [6.07, 6.45) is 1.62. The van der Waals surface area contributed by atoms with Crippen LogP contribution in [0.2, 0.25) is 10.0 Å². The molecule has 0 spiro atoms. The van der Waals surface area contributed by atoms with Crippen molar-refractivity contribution in [3.63, 3.8) is 0 Å². The smallest absolute Gasteiger partial charge is 0.251 e. The quantitative estimate of drug-likeness (QED) is 0.760. The fourth-order valence-corrected chi connectivity index (χ4v) is 3.51. The molecule has 1 fully saturated rings. The summed E-state index contributed by atoms with van der Waals surface area (Å²) in [6, 6.07) is 14.2. The van der Waals surface area contributed by atoms with E-state index in [4.69, 9.17) is 28.5 Å². The van der Waals surface area contributed by atoms with Crippen molar-refractivity contribution in [1.29, 1.82) is 5.26 Å². The van der Waals surface area contributed by atoms with Crippen LogP contribution in [-0.2, 0) is 4.79 Å². The predicted octanol–water partition coefficient (Wildman–Crippen LogP) is 3.38. The van der Waals surface area contributed by atoms with E-state index < -0.39 is 0 Å². The molecule has 0 bridgehead atoms. The van der Waals surface area contributed by atoms with Gasteiger partial charge in [0.15, 0.2) is 0 Å². The number of amides is 2. The second kappa shape index (κ2) is 9.64. The summed E-state index contributed by atoms with van der Waals surface area (Å²) < 4.78 is 0. The van der Waals surface area contributed by atoms with Crippen LogP contribution in [0.4, 0.5) is 5.69 Å². The van der Waals surface area contributed by atoms with Crippen molar-refractivity contribution >= 4 is 40.7 Å². The Labute approximate surface area is 179 Å². The van der Waals surface area contributed by atoms with Crippen LogP contribution in [-0.4, -0.2) is 37.5 Å². The fraction of sp³-hybridized carbons (Fsp3) is 0.286. The molecule has 0 radical (unpaired) electrons. The van der Waals surface area contributed by atoms with Crippen LogP contribution in [0.15, 0.2) is 42.5 Å². The van der Waals surface area contributed by atoms with Crippen LogP contribution in [0.1, 0.15) is 28.8 Å². The first-order valence-corrected chi connectivity index (χ1v) is 9.99. The SMILES string of the molecule is N#Cc1ccc(N2CCC(NC(=O)CNC(=O)c3ccc(Cl)c(Cl)c3)CC2)cc1. The molecular weight excluding hydrogens is 411 g/mol. The summed E-state index contributed by atoms with van der Waals surface area (Å²) >= 11 is 11.8. The lowest BCUT2D eigenvalue weighted by Gasteiger charge is -2.34. The van der Waals surface area contributed by atoms with E-state index in [2.05, 4.69) is 21.6 Å². The standard InChI is InChI=1S/C21H20Cl2N4O2/c22-18-6-3-15(11-19(18)23)21(29)25-13-20(28)26-16-7-9-27(10-8-16)17-4-1-14(12-24)2-5-17/h1-6,11,16H,7-10,13H2,(H,25,29)(H,26,28). The normalized spacial score (nSPS) is 14.2. The van der Waals surface area contributed by atoms with Crippen molar-refractivity contribution in [2.75, 3.05) is 24.5 Å². The largest absolute Gasteiger partial charge is 0.371 e. The lowest BCUT2D eigenvalue weighted by Crippen LogP contribution is -2.47. The molecule has 0 atom stereocenters. The van der Waals surface area contributed by atoms with Crippen molar-refractivity contribution in [2.45, 2.75) is 18.9 Å². The number of anilines is 1. The number of halogens is 2. The van der Waals surface area contributed by atoms with E-state index in [-0.39, 0.29) is 29.4 Å². The number of nitriles is 1. The first-order valence-electron chi connectivity index (χ1n) is 9.24. The Morgan fingerprint density at radius 1 is 1.07 bits per heavy atom. The lowest BCUT2D eigenvalue weighted by atomic mass is 10.0. The van der Waals surface area contributed by atoms with Crippen LogP contribution < -0.4 is 15.5 Å². The molecule has 0 unspecified atom stereocenters. The predicted molar refractivity (Wildman–Crippen MR) is 113 cm³/mol. The molecule has 29 heavy (non-hydrogen) atoms. The highest BCUT2D eigenvalue weighted by atomic mass is 35.5. The number of hydrogen-bond acceptors (Lipinski definition) is 4. The van der Waals surface area contributed by atoms with Gasteiger partial charge in [0.1, 0.15) is 0 Å². The summed E-state index contributed by atoms with van der Waals surface area (Å²) in [5, 5.41) is 15.1. The van der Waals surface area contributed by atoms with Gasteiger partial charge < -0.3 is 15.5 Å². The molecule has 2 amide bonds. The van der Waals surface area contributed by atoms with E-state index >= 15 is 0 Å². The van der Waals surface area contributed by atoms with Gasteiger partial charge >= 0.3 is 0 Å². The van der Waals surface area contributed by atoms with Gasteiger partial charge in [-0.15, -0.1) is 0 Å². The minimum Gasteiger partial charge on any atom is -0.371 e. The number of piperidine rings is 1. The Bertz CT molecular complexity index is 933. The van der Waals surface area contributed by atoms with Gasteiger partial charge in [-0.25, -0.2) is 0 Å². The Kier molecular flexibility index (Phi) is 6.97. The van der Waals surface area contributed by atoms with Gasteiger partial charge in [-0.2, -0.15) is 5.26 Å². The molecule has 0 saturated carbocycles. The Hall–Kier alpha value is -2.75. The number of benzene rings is 2. The molecule has 150 valence electrons. The van der Waals surface area contributed by atoms with Crippen molar-refractivity contribution < 1.29 is 9.59 Å². The second-order valence-electron chi connectivity index (χ2n) is 6.80. The van der Waals surface area contributed by atoms with Gasteiger partial charge in [-0.1, -0.05) is 23.2 Å². The monoisotopic (exact) mass is 430 g/mol. The maximum atomic E-state index is 12.2. The third-order valence-corrected chi connectivity index (χ3v) is 5.55. The number of hydrogen-bond donors (Lipinski definition) is 2. The van der Waals surface area contributed by atoms with E-state index in [1.54, 1.807) is 24.3 Å². The van der Waals surface area contributed by atoms with Crippen LogP contribution in [0, 0.1) is 11.3 Å². The van der Waals surface area contributed by atoms with Crippen LogP contribution >= 0.6 is 23.2 Å². The number of rotatable bonds is 5. The summed E-state index contributed by atoms with van der Waals surface area (Å²) in [7, 11) is 0. The molecule has 0 aliphatic carbocycles. The zero-order valence-corrected chi connectivity index (χ0v) is 17.1. The van der Waals surface area contributed by atoms with Gasteiger partial charge in [0.2, 0.25) is 5.91 Å². The molecule has 2 aromatic carbocycles. The van der Waals surface area contributed by atoms with Gasteiger partial charge in [0.25, 0.3) is 5.91 Å². The van der Waals surface area contributed by atoms with E-state index in [9.17, 15) is 9.59 Å². The average Bonchev–Trinajstić information content (AvgIpc) is 2.74. The third-order valence-electron chi connectivity index (χ3n) is 4.81. The average molecular weight is 431 g/mol. The van der Waals surface area contributed by atoms with Crippen molar-refractivity contribution in [3.05, 3.63) is 63.6 Å². The number of carbonyl (C=O) groups excluding carboxylic acids is 2. The van der Waals surface area contributed by atoms with E-state index in [0.29, 0.717) is 16.1 Å². The van der Waals surface area contributed by atoms with Crippen molar-refractivity contribution in [1.82, 2.24) is 10.6 Å². The lowest BCUT2D eigenvalue weighted by molar-refractivity contribution is -0.120. The molecule has 6 nitrogen and oxygen atoms in total. The minimum atomic E-state index is -0.380. The van der Waals surface area contributed by atoms with Gasteiger partial charge in [0.05, 0.1) is 28.2 Å². The van der Waals surface area contributed by atoms with Crippen molar-refractivity contribution in [2.24, 2.45) is 0 Å². The third kappa shape index (κ3) is 5.63. The Balaban J connectivity index is 1.43. The molecule has 2 N–H and O–H groups in total. The maximum Gasteiger partial charge on any atom is 0.251 e. The van der Waals surface area contributed by atoms with Gasteiger partial charge in [-0.05, 0) is 55.3 Å². The summed E-state index contributed by atoms with van der Waals surface area (Å²) in [5.41, 5.74) is 2.06. The number of nitrogens with one attached hydrogen (secondary N) is 2. The topological polar surface area (TPSA) is 85.2 Å². The van der Waals surface area contributed by atoms with Gasteiger partial charge in [-0.3, -0.25) is 9.59 Å². The van der Waals surface area contributed by atoms with Crippen LogP contribution in [0.25, 0.3) is 0 Å². The highest BCUT2D eigenvalue weighted by Gasteiger charge is 2.21. The fourth-order valence-electron chi connectivity index (χ4n) is 3.21. The molecule has 3 rings (SSSR count). The van der Waals surface area contributed by atoms with E-state index in [0.717, 1.165) is 31.6 Å². The molecule has 8 heteroatoms. The highest BCUT2D eigenvalue weighted by molar-refractivity contribution is 6.42. The first-order chi connectivity index (χ1) is 14.0. The molecule has 1 saturated heterocycles. The van der Waals surface area contributed by atoms with E-state index in [1.807, 2.05) is 12.1 Å². The Morgan fingerprint density at radius 3 is 2.38 bits per heavy atom. The molecule has 1 aliphatic rings. The second-order valence-corrected chi connectivity index (χ2v) is 7.61. The molecule has 1 aliphatic heterocycles. The highest BCUT2D eigenvalue weighted by Crippen LogP contribution is 2.22. The van der Waals surface area contributed by atoms with Gasteiger partial charge in [0, 0.05) is 30.4 Å². The van der Waals surface area contributed by atoms with Crippen LogP contribution in [0.3, 0.4) is 0 Å². The molecule has 2 aromatic rings. The summed E-state index contributed by atoms with van der Waals surface area (Å²) in [4.78, 5) is 26.5. The first kappa shape index (κ1) is 21.0.